The number of piperazine rings is 1. The van der Waals surface area contributed by atoms with Gasteiger partial charge in [-0.2, -0.15) is 0 Å². The Morgan fingerprint density at radius 2 is 2.00 bits per heavy atom. The Balaban J connectivity index is 1.28. The van der Waals surface area contributed by atoms with E-state index in [1.54, 1.807) is 18.3 Å². The number of benzene rings is 1. The monoisotopic (exact) mass is 402 g/mol. The van der Waals surface area contributed by atoms with E-state index in [1.165, 1.54) is 5.56 Å². The Bertz CT molecular complexity index is 855. The van der Waals surface area contributed by atoms with Gasteiger partial charge in [-0.3, -0.25) is 14.6 Å². The summed E-state index contributed by atoms with van der Waals surface area (Å²) < 4.78 is 10.8. The molecule has 1 N–H and O–H groups in total. The van der Waals surface area contributed by atoms with Crippen LogP contribution in [0.2, 0.25) is 5.15 Å². The molecule has 1 amide bonds. The highest BCUT2D eigenvalue weighted by Gasteiger charge is 2.26. The number of pyridine rings is 1. The average molecular weight is 403 g/mol. The third-order valence-electron chi connectivity index (χ3n) is 5.19. The van der Waals surface area contributed by atoms with Crippen molar-refractivity contribution in [1.82, 2.24) is 14.8 Å². The molecule has 0 radical (unpaired) electrons. The van der Waals surface area contributed by atoms with Gasteiger partial charge < -0.3 is 14.8 Å². The fourth-order valence-corrected chi connectivity index (χ4v) is 3.66. The van der Waals surface area contributed by atoms with Crippen LogP contribution in [0.4, 0.5) is 5.69 Å². The molecule has 1 aromatic carbocycles. The quantitative estimate of drug-likeness (QED) is 0.775. The first-order valence-corrected chi connectivity index (χ1v) is 9.74. The Kier molecular flexibility index (Phi) is 5.66. The number of carbonyl (C=O) groups is 1. The van der Waals surface area contributed by atoms with Crippen molar-refractivity contribution in [3.8, 4) is 11.5 Å². The highest BCUT2D eigenvalue weighted by Crippen LogP contribution is 2.32. The molecule has 0 unspecified atom stereocenters. The molecule has 0 bridgehead atoms. The van der Waals surface area contributed by atoms with Gasteiger partial charge in [0.2, 0.25) is 12.7 Å². The molecule has 148 valence electrons. The Labute approximate surface area is 169 Å². The summed E-state index contributed by atoms with van der Waals surface area (Å²) in [5, 5.41) is 3.17. The molecular formula is C20H23ClN4O3. The van der Waals surface area contributed by atoms with Crippen molar-refractivity contribution in [2.24, 2.45) is 0 Å². The van der Waals surface area contributed by atoms with Crippen molar-refractivity contribution in [2.75, 3.05) is 38.3 Å². The highest BCUT2D eigenvalue weighted by molar-refractivity contribution is 6.32. The van der Waals surface area contributed by atoms with Gasteiger partial charge in [-0.25, -0.2) is 4.98 Å². The van der Waals surface area contributed by atoms with Gasteiger partial charge in [-0.1, -0.05) is 17.7 Å². The lowest BCUT2D eigenvalue weighted by atomic mass is 10.1. The van der Waals surface area contributed by atoms with Crippen molar-refractivity contribution >= 4 is 23.2 Å². The van der Waals surface area contributed by atoms with Gasteiger partial charge in [-0.15, -0.1) is 0 Å². The van der Waals surface area contributed by atoms with Crippen LogP contribution in [0.1, 0.15) is 12.5 Å². The Morgan fingerprint density at radius 1 is 1.21 bits per heavy atom. The molecule has 0 aliphatic carbocycles. The second-order valence-electron chi connectivity index (χ2n) is 7.01. The molecule has 2 aliphatic heterocycles. The summed E-state index contributed by atoms with van der Waals surface area (Å²) >= 11 is 6.03. The maximum atomic E-state index is 12.6. The molecule has 4 rings (SSSR count). The maximum Gasteiger partial charge on any atom is 0.241 e. The zero-order chi connectivity index (χ0) is 19.5. The van der Waals surface area contributed by atoms with Gasteiger partial charge in [0.25, 0.3) is 0 Å². The van der Waals surface area contributed by atoms with E-state index in [0.29, 0.717) is 17.6 Å². The number of rotatable bonds is 5. The van der Waals surface area contributed by atoms with Crippen LogP contribution in [0.15, 0.2) is 36.5 Å². The second-order valence-corrected chi connectivity index (χ2v) is 7.36. The number of fused-ring (bicyclic) bond motifs is 1. The normalized spacial score (nSPS) is 18.1. The number of carbonyl (C=O) groups excluding carboxylic acids is 1. The second kappa shape index (κ2) is 8.34. The van der Waals surface area contributed by atoms with Crippen molar-refractivity contribution < 1.29 is 14.3 Å². The van der Waals surface area contributed by atoms with Crippen molar-refractivity contribution in [3.05, 3.63) is 47.2 Å². The van der Waals surface area contributed by atoms with Crippen LogP contribution < -0.4 is 14.8 Å². The summed E-state index contributed by atoms with van der Waals surface area (Å²) in [5.74, 6) is 1.55. The van der Waals surface area contributed by atoms with Gasteiger partial charge in [0, 0.05) is 38.9 Å². The van der Waals surface area contributed by atoms with Gasteiger partial charge in [0.1, 0.15) is 0 Å². The zero-order valence-corrected chi connectivity index (χ0v) is 16.5. The number of amides is 1. The molecule has 1 fully saturated rings. The minimum absolute atomic E-state index is 0.0703. The van der Waals surface area contributed by atoms with E-state index in [0.717, 1.165) is 44.2 Å². The van der Waals surface area contributed by atoms with E-state index >= 15 is 0 Å². The first kappa shape index (κ1) is 19.0. The molecule has 0 saturated carbocycles. The zero-order valence-electron chi connectivity index (χ0n) is 15.7. The number of nitrogens with one attached hydrogen (secondary N) is 1. The molecular weight excluding hydrogens is 380 g/mol. The molecule has 1 saturated heterocycles. The summed E-state index contributed by atoms with van der Waals surface area (Å²) in [7, 11) is 0. The summed E-state index contributed by atoms with van der Waals surface area (Å²) in [5.41, 5.74) is 1.75. The molecule has 2 aliphatic rings. The van der Waals surface area contributed by atoms with E-state index in [4.69, 9.17) is 21.1 Å². The number of aromatic nitrogens is 1. The van der Waals surface area contributed by atoms with Crippen LogP contribution in [0.25, 0.3) is 0 Å². The van der Waals surface area contributed by atoms with E-state index in [9.17, 15) is 4.79 Å². The van der Waals surface area contributed by atoms with Crippen LogP contribution in [0.3, 0.4) is 0 Å². The summed E-state index contributed by atoms with van der Waals surface area (Å²) in [6.45, 7) is 6.55. The summed E-state index contributed by atoms with van der Waals surface area (Å²) in [4.78, 5) is 21.1. The van der Waals surface area contributed by atoms with E-state index in [1.807, 2.05) is 19.1 Å². The van der Waals surface area contributed by atoms with Gasteiger partial charge in [-0.05, 0) is 36.8 Å². The number of anilines is 1. The van der Waals surface area contributed by atoms with Gasteiger partial charge >= 0.3 is 0 Å². The number of hydrogen-bond acceptors (Lipinski definition) is 6. The fraction of sp³-hybridized carbons (Fsp3) is 0.400. The van der Waals surface area contributed by atoms with E-state index in [2.05, 4.69) is 26.2 Å². The number of ether oxygens (including phenoxy) is 2. The van der Waals surface area contributed by atoms with Crippen LogP contribution >= 0.6 is 11.6 Å². The van der Waals surface area contributed by atoms with E-state index in [-0.39, 0.29) is 11.9 Å². The Hall–Kier alpha value is -2.35. The predicted molar refractivity (Wildman–Crippen MR) is 107 cm³/mol. The summed E-state index contributed by atoms with van der Waals surface area (Å²) in [6, 6.07) is 9.36. The van der Waals surface area contributed by atoms with E-state index < -0.39 is 0 Å². The van der Waals surface area contributed by atoms with Crippen molar-refractivity contribution in [1.29, 1.82) is 0 Å². The standard InChI is InChI=1S/C20H23ClN4O3/c1-14(20(26)23-16-3-2-6-22-19(16)21)25-9-7-24(8-10-25)12-15-4-5-17-18(11-15)28-13-27-17/h2-6,11,14H,7-10,12-13H2,1H3,(H,23,26)/t14-/m1/s1. The number of hydrogen-bond donors (Lipinski definition) is 1. The molecule has 2 aromatic rings. The molecule has 3 heterocycles. The third kappa shape index (κ3) is 4.22. The maximum absolute atomic E-state index is 12.6. The lowest BCUT2D eigenvalue weighted by Crippen LogP contribution is -2.52. The highest BCUT2D eigenvalue weighted by atomic mass is 35.5. The van der Waals surface area contributed by atoms with Crippen molar-refractivity contribution in [3.63, 3.8) is 0 Å². The first-order chi connectivity index (χ1) is 13.6. The number of halogens is 1. The largest absolute Gasteiger partial charge is 0.454 e. The molecule has 1 atom stereocenters. The average Bonchev–Trinajstić information content (AvgIpc) is 3.17. The lowest BCUT2D eigenvalue weighted by Gasteiger charge is -2.37. The molecule has 7 nitrogen and oxygen atoms in total. The topological polar surface area (TPSA) is 66.9 Å². The van der Waals surface area contributed by atoms with Gasteiger partial charge in [0.05, 0.1) is 11.7 Å². The summed E-state index contributed by atoms with van der Waals surface area (Å²) in [6.07, 6.45) is 1.60. The van der Waals surface area contributed by atoms with Gasteiger partial charge in [0.15, 0.2) is 16.7 Å². The molecule has 1 aromatic heterocycles. The SMILES string of the molecule is C[C@H](C(=O)Nc1cccnc1Cl)N1CCN(Cc2ccc3c(c2)OCO3)CC1. The first-order valence-electron chi connectivity index (χ1n) is 9.36. The molecule has 28 heavy (non-hydrogen) atoms. The minimum atomic E-state index is -0.232. The third-order valence-corrected chi connectivity index (χ3v) is 5.50. The van der Waals surface area contributed by atoms with Crippen LogP contribution in [0, 0.1) is 0 Å². The fourth-order valence-electron chi connectivity index (χ4n) is 3.49. The smallest absolute Gasteiger partial charge is 0.241 e. The molecule has 8 heteroatoms. The predicted octanol–water partition coefficient (Wildman–Crippen LogP) is 2.61. The minimum Gasteiger partial charge on any atom is -0.454 e. The van der Waals surface area contributed by atoms with Crippen LogP contribution in [-0.4, -0.2) is 59.7 Å². The van der Waals surface area contributed by atoms with Crippen LogP contribution in [-0.2, 0) is 11.3 Å². The van der Waals surface area contributed by atoms with Crippen molar-refractivity contribution in [2.45, 2.75) is 19.5 Å². The number of nitrogens with zero attached hydrogens (tertiary/aromatic N) is 3. The molecule has 0 spiro atoms. The lowest BCUT2D eigenvalue weighted by molar-refractivity contribution is -0.121. The van der Waals surface area contributed by atoms with Crippen LogP contribution in [0.5, 0.6) is 11.5 Å². The Morgan fingerprint density at radius 3 is 2.79 bits per heavy atom.